The van der Waals surface area contributed by atoms with Crippen molar-refractivity contribution >= 4 is 0 Å². The van der Waals surface area contributed by atoms with Crippen molar-refractivity contribution in [3.05, 3.63) is 47.5 Å². The second-order valence-electron chi connectivity index (χ2n) is 7.81. The molecule has 2 saturated carbocycles. The lowest BCUT2D eigenvalue weighted by atomic mass is 9.68. The highest BCUT2D eigenvalue weighted by Gasteiger charge is 2.30. The third-order valence-electron chi connectivity index (χ3n) is 6.37. The van der Waals surface area contributed by atoms with Crippen molar-refractivity contribution in [2.24, 2.45) is 17.8 Å². The van der Waals surface area contributed by atoms with Crippen molar-refractivity contribution in [3.63, 3.8) is 0 Å². The van der Waals surface area contributed by atoms with Crippen LogP contribution in [0.5, 0.6) is 0 Å². The molecule has 24 heavy (non-hydrogen) atoms. The van der Waals surface area contributed by atoms with E-state index in [9.17, 15) is 0 Å². The van der Waals surface area contributed by atoms with E-state index in [0.717, 1.165) is 29.2 Å². The van der Waals surface area contributed by atoms with Crippen molar-refractivity contribution in [2.75, 3.05) is 0 Å². The van der Waals surface area contributed by atoms with Crippen molar-refractivity contribution in [1.82, 2.24) is 0 Å². The van der Waals surface area contributed by atoms with Gasteiger partial charge in [0.05, 0.1) is 0 Å². The van der Waals surface area contributed by atoms with Crippen LogP contribution in [0.1, 0.15) is 82.3 Å². The third kappa shape index (κ3) is 4.32. The Bertz CT molecular complexity index is 579. The molecule has 0 aromatic heterocycles. The molecule has 0 bridgehead atoms. The van der Waals surface area contributed by atoms with Gasteiger partial charge in [-0.3, -0.25) is 0 Å². The first-order chi connectivity index (χ1) is 11.8. The largest absolute Gasteiger partial charge is 0.101 e. The summed E-state index contributed by atoms with van der Waals surface area (Å²) >= 11 is 0. The van der Waals surface area contributed by atoms with Crippen molar-refractivity contribution in [2.45, 2.75) is 71.1 Å². The van der Waals surface area contributed by atoms with Crippen LogP contribution >= 0.6 is 0 Å². The quantitative estimate of drug-likeness (QED) is 0.428. The molecular weight excluding hydrogens is 288 g/mol. The van der Waals surface area contributed by atoms with E-state index in [1.807, 2.05) is 6.92 Å². The van der Waals surface area contributed by atoms with Crippen molar-refractivity contribution < 1.29 is 0 Å². The second kappa shape index (κ2) is 8.57. The van der Waals surface area contributed by atoms with Gasteiger partial charge in [-0.05, 0) is 107 Å². The lowest BCUT2D eigenvalue weighted by Crippen LogP contribution is -2.25. The normalized spacial score (nSPS) is 30.8. The Hall–Kier alpha value is -1.48. The molecule has 0 atom stereocenters. The summed E-state index contributed by atoms with van der Waals surface area (Å²) in [4.78, 5) is 0. The fourth-order valence-corrected chi connectivity index (χ4v) is 4.99. The van der Waals surface area contributed by atoms with Gasteiger partial charge in [0.2, 0.25) is 0 Å². The average molecular weight is 321 g/mol. The van der Waals surface area contributed by atoms with E-state index < -0.39 is 0 Å². The number of allylic oxidation sites excluding steroid dienone is 2. The Kier molecular flexibility index (Phi) is 6.19. The first-order valence-corrected chi connectivity index (χ1v) is 9.95. The summed E-state index contributed by atoms with van der Waals surface area (Å²) in [7, 11) is 0. The molecule has 0 heteroatoms. The lowest BCUT2D eigenvalue weighted by Gasteiger charge is -2.37. The molecule has 0 spiro atoms. The van der Waals surface area contributed by atoms with Gasteiger partial charge in [-0.1, -0.05) is 30.2 Å². The number of hydrogen-bond donors (Lipinski definition) is 0. The van der Waals surface area contributed by atoms with Crippen molar-refractivity contribution in [3.8, 4) is 11.8 Å². The monoisotopic (exact) mass is 320 g/mol. The Labute approximate surface area is 148 Å². The van der Waals surface area contributed by atoms with Crippen LogP contribution in [0.4, 0.5) is 0 Å². The molecule has 0 amide bonds. The van der Waals surface area contributed by atoms with E-state index in [2.05, 4.69) is 55.2 Å². The number of rotatable bonds is 3. The van der Waals surface area contributed by atoms with E-state index in [1.165, 1.54) is 56.9 Å². The molecule has 0 saturated heterocycles. The molecule has 128 valence electrons. The summed E-state index contributed by atoms with van der Waals surface area (Å²) in [6, 6.07) is 9.01. The second-order valence-corrected chi connectivity index (χ2v) is 7.81. The van der Waals surface area contributed by atoms with E-state index >= 15 is 0 Å². The third-order valence-corrected chi connectivity index (χ3v) is 6.37. The van der Waals surface area contributed by atoms with Crippen LogP contribution in [-0.4, -0.2) is 0 Å². The smallest absolute Gasteiger partial charge is 0.0245 e. The predicted molar refractivity (Wildman–Crippen MR) is 104 cm³/mol. The topological polar surface area (TPSA) is 0 Å². The van der Waals surface area contributed by atoms with Gasteiger partial charge in [0.1, 0.15) is 0 Å². The van der Waals surface area contributed by atoms with Gasteiger partial charge in [-0.2, -0.15) is 0 Å². The summed E-state index contributed by atoms with van der Waals surface area (Å²) < 4.78 is 0. The minimum Gasteiger partial charge on any atom is -0.101 e. The summed E-state index contributed by atoms with van der Waals surface area (Å²) in [5.41, 5.74) is 2.68. The first-order valence-electron chi connectivity index (χ1n) is 9.95. The molecule has 0 heterocycles. The highest BCUT2D eigenvalue weighted by atomic mass is 14.4. The molecule has 2 aliphatic rings. The molecule has 0 unspecified atom stereocenters. The van der Waals surface area contributed by atoms with Crippen LogP contribution in [0.3, 0.4) is 0 Å². The number of benzene rings is 1. The van der Waals surface area contributed by atoms with Crippen molar-refractivity contribution in [1.29, 1.82) is 0 Å². The van der Waals surface area contributed by atoms with E-state index in [1.54, 1.807) is 0 Å². The maximum absolute atomic E-state index is 3.15. The van der Waals surface area contributed by atoms with Crippen LogP contribution in [0.2, 0.25) is 0 Å². The van der Waals surface area contributed by atoms with Gasteiger partial charge < -0.3 is 0 Å². The SMILES string of the molecule is CC#Cc1ccc(C2CCC([C@H]3CC[C@H](/C=C/C)CC3)CC2)cc1. The van der Waals surface area contributed by atoms with Gasteiger partial charge in [-0.15, -0.1) is 5.92 Å². The molecule has 0 nitrogen and oxygen atoms in total. The molecule has 1 aromatic rings. The highest BCUT2D eigenvalue weighted by Crippen LogP contribution is 2.44. The lowest BCUT2D eigenvalue weighted by molar-refractivity contribution is 0.171. The Morgan fingerprint density at radius 2 is 1.42 bits per heavy atom. The molecule has 1 aromatic carbocycles. The van der Waals surface area contributed by atoms with Gasteiger partial charge in [0.15, 0.2) is 0 Å². The highest BCUT2D eigenvalue weighted by molar-refractivity contribution is 5.36. The van der Waals surface area contributed by atoms with Gasteiger partial charge >= 0.3 is 0 Å². The molecule has 0 aliphatic heterocycles. The van der Waals surface area contributed by atoms with Crippen LogP contribution in [-0.2, 0) is 0 Å². The van der Waals surface area contributed by atoms with E-state index in [0.29, 0.717) is 0 Å². The van der Waals surface area contributed by atoms with E-state index in [-0.39, 0.29) is 0 Å². The average Bonchev–Trinajstić information content (AvgIpc) is 2.64. The van der Waals surface area contributed by atoms with Crippen LogP contribution in [0, 0.1) is 29.6 Å². The Morgan fingerprint density at radius 3 is 1.96 bits per heavy atom. The predicted octanol–water partition coefficient (Wildman–Crippen LogP) is 6.71. The molecular formula is C24H32. The van der Waals surface area contributed by atoms with Gasteiger partial charge in [0.25, 0.3) is 0 Å². The minimum atomic E-state index is 0.782. The fraction of sp³-hybridized carbons (Fsp3) is 0.583. The molecule has 2 aliphatic carbocycles. The summed E-state index contributed by atoms with van der Waals surface area (Å²) in [6.45, 7) is 4.07. The zero-order valence-electron chi connectivity index (χ0n) is 15.4. The standard InChI is InChI=1S/C24H32/c1-3-5-19-7-11-21(12-8-19)23-15-17-24(18-16-23)22-13-9-20(6-4-2)10-14-22/h3,5,9-10,13-14,19,21,23-24H,7-8,11-12,15-18H2,1-2H3/b5-3+/t19-,21-,23?,24?. The Morgan fingerprint density at radius 1 is 0.833 bits per heavy atom. The molecule has 0 N–H and O–H groups in total. The fourth-order valence-electron chi connectivity index (χ4n) is 4.99. The van der Waals surface area contributed by atoms with Crippen LogP contribution < -0.4 is 0 Å². The zero-order valence-corrected chi connectivity index (χ0v) is 15.4. The van der Waals surface area contributed by atoms with Crippen LogP contribution in [0.25, 0.3) is 0 Å². The van der Waals surface area contributed by atoms with Crippen LogP contribution in [0.15, 0.2) is 36.4 Å². The summed E-state index contributed by atoms with van der Waals surface area (Å²) in [5.74, 6) is 9.78. The Balaban J connectivity index is 1.49. The zero-order chi connectivity index (χ0) is 16.8. The van der Waals surface area contributed by atoms with Gasteiger partial charge in [0, 0.05) is 5.56 Å². The maximum Gasteiger partial charge on any atom is 0.0245 e. The van der Waals surface area contributed by atoms with Gasteiger partial charge in [-0.25, -0.2) is 0 Å². The molecule has 0 radical (unpaired) electrons. The first kappa shape index (κ1) is 17.3. The summed E-state index contributed by atoms with van der Waals surface area (Å²) in [5, 5.41) is 0. The molecule has 3 rings (SSSR count). The van der Waals surface area contributed by atoms with E-state index in [4.69, 9.17) is 0 Å². The minimum absolute atomic E-state index is 0.782. The number of hydrogen-bond acceptors (Lipinski definition) is 0. The summed E-state index contributed by atoms with van der Waals surface area (Å²) in [6.07, 6.45) is 16.1. The maximum atomic E-state index is 3.15. The molecule has 2 fully saturated rings.